The maximum atomic E-state index is 12.6. The predicted molar refractivity (Wildman–Crippen MR) is 97.1 cm³/mol. The van der Waals surface area contributed by atoms with Gasteiger partial charge < -0.3 is 5.32 Å². The van der Waals surface area contributed by atoms with E-state index in [0.717, 1.165) is 33.5 Å². The molecule has 0 unspecified atom stereocenters. The lowest BCUT2D eigenvalue weighted by Crippen LogP contribution is -2.25. The molecule has 5 nitrogen and oxygen atoms in total. The van der Waals surface area contributed by atoms with Crippen molar-refractivity contribution >= 4 is 5.91 Å². The standard InChI is InChI=1S/C20H20N4O/c1-13-9-14(2)18(15(3)10-13)20(25)24-12-17-19(23-8-7-22-17)16-5-4-6-21-11-16/h4-11H,12H2,1-3H3,(H,24,25). The molecule has 0 radical (unpaired) electrons. The van der Waals surface area contributed by atoms with Crippen molar-refractivity contribution in [3.05, 3.63) is 77.0 Å². The van der Waals surface area contributed by atoms with Crippen LogP contribution in [0.1, 0.15) is 32.7 Å². The van der Waals surface area contributed by atoms with Crippen LogP contribution in [-0.4, -0.2) is 20.9 Å². The van der Waals surface area contributed by atoms with Gasteiger partial charge in [0, 0.05) is 35.9 Å². The molecule has 0 atom stereocenters. The summed E-state index contributed by atoms with van der Waals surface area (Å²) in [5.74, 6) is -0.0993. The molecule has 2 heterocycles. The molecule has 0 saturated carbocycles. The van der Waals surface area contributed by atoms with Crippen LogP contribution in [0.4, 0.5) is 0 Å². The molecule has 2 aromatic heterocycles. The normalized spacial score (nSPS) is 10.5. The molecular weight excluding hydrogens is 312 g/mol. The SMILES string of the molecule is Cc1cc(C)c(C(=O)NCc2nccnc2-c2cccnc2)c(C)c1. The van der Waals surface area contributed by atoms with Gasteiger partial charge in [-0.3, -0.25) is 19.7 Å². The van der Waals surface area contributed by atoms with Crippen molar-refractivity contribution in [2.45, 2.75) is 27.3 Å². The number of hydrogen-bond acceptors (Lipinski definition) is 4. The third kappa shape index (κ3) is 3.71. The first-order valence-corrected chi connectivity index (χ1v) is 8.12. The van der Waals surface area contributed by atoms with Gasteiger partial charge in [0.2, 0.25) is 0 Å². The quantitative estimate of drug-likeness (QED) is 0.795. The van der Waals surface area contributed by atoms with Gasteiger partial charge in [-0.2, -0.15) is 0 Å². The number of benzene rings is 1. The van der Waals surface area contributed by atoms with Crippen LogP contribution in [0.15, 0.2) is 49.1 Å². The number of pyridine rings is 1. The molecule has 1 N–H and O–H groups in total. The van der Waals surface area contributed by atoms with Crippen LogP contribution in [0.5, 0.6) is 0 Å². The second-order valence-corrected chi connectivity index (χ2v) is 6.05. The van der Waals surface area contributed by atoms with Crippen LogP contribution >= 0.6 is 0 Å². The van der Waals surface area contributed by atoms with E-state index in [4.69, 9.17) is 0 Å². The molecule has 3 rings (SSSR count). The van der Waals surface area contributed by atoms with Gasteiger partial charge in [0.05, 0.1) is 17.9 Å². The molecule has 0 aliphatic rings. The van der Waals surface area contributed by atoms with Gasteiger partial charge in [0.25, 0.3) is 5.91 Å². The Morgan fingerprint density at radius 2 is 1.76 bits per heavy atom. The van der Waals surface area contributed by atoms with Crippen molar-refractivity contribution in [2.24, 2.45) is 0 Å². The van der Waals surface area contributed by atoms with Crippen LogP contribution in [0.2, 0.25) is 0 Å². The largest absolute Gasteiger partial charge is 0.346 e. The molecule has 0 saturated heterocycles. The second-order valence-electron chi connectivity index (χ2n) is 6.05. The van der Waals surface area contributed by atoms with Gasteiger partial charge in [0.15, 0.2) is 0 Å². The Bertz CT molecular complexity index is 884. The number of nitrogens with zero attached hydrogens (tertiary/aromatic N) is 3. The van der Waals surface area contributed by atoms with Gasteiger partial charge in [0.1, 0.15) is 0 Å². The zero-order valence-corrected chi connectivity index (χ0v) is 14.6. The molecule has 1 amide bonds. The first kappa shape index (κ1) is 16.8. The number of amides is 1. The van der Waals surface area contributed by atoms with Crippen molar-refractivity contribution in [1.82, 2.24) is 20.3 Å². The first-order valence-electron chi connectivity index (χ1n) is 8.12. The Balaban J connectivity index is 1.82. The van der Waals surface area contributed by atoms with Crippen LogP contribution in [-0.2, 0) is 6.54 Å². The molecule has 5 heteroatoms. The molecule has 1 aromatic carbocycles. The van der Waals surface area contributed by atoms with E-state index in [0.29, 0.717) is 12.2 Å². The highest BCUT2D eigenvalue weighted by atomic mass is 16.1. The number of nitrogens with one attached hydrogen (secondary N) is 1. The molecule has 25 heavy (non-hydrogen) atoms. The summed E-state index contributed by atoms with van der Waals surface area (Å²) < 4.78 is 0. The van der Waals surface area contributed by atoms with E-state index in [9.17, 15) is 4.79 Å². The summed E-state index contributed by atoms with van der Waals surface area (Å²) >= 11 is 0. The predicted octanol–water partition coefficient (Wildman–Crippen LogP) is 3.39. The minimum absolute atomic E-state index is 0.0993. The van der Waals surface area contributed by atoms with Gasteiger partial charge in [-0.05, 0) is 44.0 Å². The lowest BCUT2D eigenvalue weighted by atomic mass is 9.99. The van der Waals surface area contributed by atoms with Crippen LogP contribution < -0.4 is 5.32 Å². The number of carbonyl (C=O) groups excluding carboxylic acids is 1. The monoisotopic (exact) mass is 332 g/mol. The molecule has 0 spiro atoms. The van der Waals surface area contributed by atoms with Crippen LogP contribution in [0.25, 0.3) is 11.3 Å². The zero-order valence-electron chi connectivity index (χ0n) is 14.6. The van der Waals surface area contributed by atoms with E-state index >= 15 is 0 Å². The Hall–Kier alpha value is -3.08. The van der Waals surface area contributed by atoms with Gasteiger partial charge in [-0.25, -0.2) is 0 Å². The van der Waals surface area contributed by atoms with Crippen LogP contribution in [0.3, 0.4) is 0 Å². The van der Waals surface area contributed by atoms with Crippen molar-refractivity contribution in [2.75, 3.05) is 0 Å². The maximum Gasteiger partial charge on any atom is 0.252 e. The lowest BCUT2D eigenvalue weighted by molar-refractivity contribution is 0.0949. The fraction of sp³-hybridized carbons (Fsp3) is 0.200. The smallest absolute Gasteiger partial charge is 0.252 e. The van der Waals surface area contributed by atoms with Gasteiger partial charge >= 0.3 is 0 Å². The third-order valence-corrected chi connectivity index (χ3v) is 4.03. The molecule has 126 valence electrons. The lowest BCUT2D eigenvalue weighted by Gasteiger charge is -2.12. The van der Waals surface area contributed by atoms with Gasteiger partial charge in [-0.15, -0.1) is 0 Å². The zero-order chi connectivity index (χ0) is 17.8. The molecular formula is C20H20N4O. The van der Waals surface area contributed by atoms with Crippen molar-refractivity contribution in [1.29, 1.82) is 0 Å². The Morgan fingerprint density at radius 1 is 1.04 bits per heavy atom. The summed E-state index contributed by atoms with van der Waals surface area (Å²) in [4.78, 5) is 25.5. The van der Waals surface area contributed by atoms with E-state index in [1.54, 1.807) is 24.8 Å². The number of carbonyl (C=O) groups is 1. The highest BCUT2D eigenvalue weighted by Crippen LogP contribution is 2.19. The molecule has 3 aromatic rings. The highest BCUT2D eigenvalue weighted by Gasteiger charge is 2.14. The minimum Gasteiger partial charge on any atom is -0.346 e. The van der Waals surface area contributed by atoms with E-state index in [1.807, 2.05) is 45.0 Å². The average Bonchev–Trinajstić information content (AvgIpc) is 2.60. The van der Waals surface area contributed by atoms with E-state index in [1.165, 1.54) is 0 Å². The van der Waals surface area contributed by atoms with E-state index in [-0.39, 0.29) is 5.91 Å². The minimum atomic E-state index is -0.0993. The summed E-state index contributed by atoms with van der Waals surface area (Å²) in [6, 6.07) is 7.82. The third-order valence-electron chi connectivity index (χ3n) is 4.03. The molecule has 0 aliphatic carbocycles. The van der Waals surface area contributed by atoms with Crippen molar-refractivity contribution in [3.8, 4) is 11.3 Å². The fourth-order valence-corrected chi connectivity index (χ4v) is 3.03. The summed E-state index contributed by atoms with van der Waals surface area (Å²) in [5, 5.41) is 2.96. The van der Waals surface area contributed by atoms with Crippen molar-refractivity contribution < 1.29 is 4.79 Å². The number of rotatable bonds is 4. The van der Waals surface area contributed by atoms with Crippen molar-refractivity contribution in [3.63, 3.8) is 0 Å². The summed E-state index contributed by atoms with van der Waals surface area (Å²) in [6.07, 6.45) is 6.72. The second kappa shape index (κ2) is 7.21. The number of aromatic nitrogens is 3. The number of aryl methyl sites for hydroxylation is 3. The average molecular weight is 332 g/mol. The van der Waals surface area contributed by atoms with E-state index in [2.05, 4.69) is 20.3 Å². The Kier molecular flexibility index (Phi) is 4.84. The summed E-state index contributed by atoms with van der Waals surface area (Å²) in [5.41, 5.74) is 6.14. The maximum absolute atomic E-state index is 12.6. The fourth-order valence-electron chi connectivity index (χ4n) is 3.03. The van der Waals surface area contributed by atoms with Gasteiger partial charge in [-0.1, -0.05) is 17.7 Å². The first-order chi connectivity index (χ1) is 12.1. The number of hydrogen-bond donors (Lipinski definition) is 1. The van der Waals surface area contributed by atoms with E-state index < -0.39 is 0 Å². The highest BCUT2D eigenvalue weighted by molar-refractivity contribution is 5.97. The van der Waals surface area contributed by atoms with Crippen LogP contribution in [0, 0.1) is 20.8 Å². The molecule has 0 aliphatic heterocycles. The molecule has 0 bridgehead atoms. The topological polar surface area (TPSA) is 67.8 Å². The Labute approximate surface area is 147 Å². The summed E-state index contributed by atoms with van der Waals surface area (Å²) in [7, 11) is 0. The summed E-state index contributed by atoms with van der Waals surface area (Å²) in [6.45, 7) is 6.25. The Morgan fingerprint density at radius 3 is 2.44 bits per heavy atom. The molecule has 0 fully saturated rings.